The molecule has 0 spiro atoms. The number of hydrogen-bond acceptors (Lipinski definition) is 4. The Kier molecular flexibility index (Phi) is 2.77. The lowest BCUT2D eigenvalue weighted by atomic mass is 9.99. The molecule has 4 nitrogen and oxygen atoms in total. The Bertz CT molecular complexity index is 334. The third kappa shape index (κ3) is 1.77. The van der Waals surface area contributed by atoms with E-state index in [1.54, 1.807) is 6.26 Å². The molecule has 0 aliphatic carbocycles. The number of carbonyl (C=O) groups is 1. The molecule has 0 amide bonds. The molecule has 1 aliphatic rings. The van der Waals surface area contributed by atoms with Gasteiger partial charge < -0.3 is 9.15 Å². The van der Waals surface area contributed by atoms with Crippen molar-refractivity contribution in [3.8, 4) is 0 Å². The van der Waals surface area contributed by atoms with Gasteiger partial charge in [0.25, 0.3) is 0 Å². The standard InChI is InChI=1S/C11H15NO3/c1-8(10-4-3-7-15-10)12-6-5-9(12)11(13)14-2/h3-4,7-9H,5-6H2,1-2H3. The Morgan fingerprint density at radius 1 is 1.73 bits per heavy atom. The summed E-state index contributed by atoms with van der Waals surface area (Å²) >= 11 is 0. The molecule has 2 heterocycles. The molecule has 1 aromatic rings. The van der Waals surface area contributed by atoms with Crippen LogP contribution in [0.25, 0.3) is 0 Å². The van der Waals surface area contributed by atoms with Crippen molar-refractivity contribution in [2.45, 2.75) is 25.4 Å². The van der Waals surface area contributed by atoms with E-state index in [0.717, 1.165) is 18.7 Å². The van der Waals surface area contributed by atoms with Crippen molar-refractivity contribution in [2.75, 3.05) is 13.7 Å². The smallest absolute Gasteiger partial charge is 0.323 e. The van der Waals surface area contributed by atoms with E-state index in [4.69, 9.17) is 9.15 Å². The highest BCUT2D eigenvalue weighted by molar-refractivity contribution is 5.76. The van der Waals surface area contributed by atoms with Crippen LogP contribution in [0.2, 0.25) is 0 Å². The number of rotatable bonds is 3. The van der Waals surface area contributed by atoms with E-state index in [-0.39, 0.29) is 18.1 Å². The molecular formula is C11H15NO3. The molecule has 0 N–H and O–H groups in total. The highest BCUT2D eigenvalue weighted by Crippen LogP contribution is 2.30. The lowest BCUT2D eigenvalue weighted by Gasteiger charge is -2.42. The van der Waals surface area contributed by atoms with Crippen LogP contribution in [0.1, 0.15) is 25.1 Å². The summed E-state index contributed by atoms with van der Waals surface area (Å²) in [5.41, 5.74) is 0. The third-order valence-electron chi connectivity index (χ3n) is 2.99. The predicted molar refractivity (Wildman–Crippen MR) is 54.3 cm³/mol. The van der Waals surface area contributed by atoms with Crippen LogP contribution in [0.5, 0.6) is 0 Å². The van der Waals surface area contributed by atoms with Crippen LogP contribution in [0.3, 0.4) is 0 Å². The van der Waals surface area contributed by atoms with Gasteiger partial charge in [-0.25, -0.2) is 0 Å². The Hall–Kier alpha value is -1.29. The summed E-state index contributed by atoms with van der Waals surface area (Å²) < 4.78 is 10.1. The van der Waals surface area contributed by atoms with Gasteiger partial charge in [-0.2, -0.15) is 0 Å². The van der Waals surface area contributed by atoms with Crippen molar-refractivity contribution < 1.29 is 13.9 Å². The van der Waals surface area contributed by atoms with Crippen molar-refractivity contribution in [3.05, 3.63) is 24.2 Å². The highest BCUT2D eigenvalue weighted by Gasteiger charge is 2.39. The maximum atomic E-state index is 11.4. The maximum Gasteiger partial charge on any atom is 0.323 e. The van der Waals surface area contributed by atoms with Gasteiger partial charge in [-0.1, -0.05) is 0 Å². The lowest BCUT2D eigenvalue weighted by Crippen LogP contribution is -2.53. The first kappa shape index (κ1) is 10.2. The first-order valence-electron chi connectivity index (χ1n) is 5.11. The fourth-order valence-corrected chi connectivity index (χ4v) is 1.95. The fourth-order valence-electron chi connectivity index (χ4n) is 1.95. The molecule has 0 radical (unpaired) electrons. The monoisotopic (exact) mass is 209 g/mol. The number of methoxy groups -OCH3 is 1. The first-order valence-corrected chi connectivity index (χ1v) is 5.11. The number of nitrogens with zero attached hydrogens (tertiary/aromatic N) is 1. The van der Waals surface area contributed by atoms with Crippen LogP contribution < -0.4 is 0 Å². The van der Waals surface area contributed by atoms with Crippen LogP contribution in [0.4, 0.5) is 0 Å². The highest BCUT2D eigenvalue weighted by atomic mass is 16.5. The zero-order valence-electron chi connectivity index (χ0n) is 8.97. The van der Waals surface area contributed by atoms with Crippen molar-refractivity contribution in [2.24, 2.45) is 0 Å². The number of carbonyl (C=O) groups excluding carboxylic acids is 1. The number of furan rings is 1. The minimum absolute atomic E-state index is 0.102. The van der Waals surface area contributed by atoms with Crippen molar-refractivity contribution in [1.29, 1.82) is 0 Å². The second-order valence-electron chi connectivity index (χ2n) is 3.76. The summed E-state index contributed by atoms with van der Waals surface area (Å²) in [6.45, 7) is 2.95. The molecule has 2 rings (SSSR count). The molecule has 2 unspecified atom stereocenters. The van der Waals surface area contributed by atoms with Crippen molar-refractivity contribution >= 4 is 5.97 Å². The molecule has 82 valence electrons. The van der Waals surface area contributed by atoms with Crippen LogP contribution in [0.15, 0.2) is 22.8 Å². The van der Waals surface area contributed by atoms with Crippen LogP contribution in [0, 0.1) is 0 Å². The summed E-state index contributed by atoms with van der Waals surface area (Å²) in [5, 5.41) is 0. The molecule has 15 heavy (non-hydrogen) atoms. The van der Waals surface area contributed by atoms with E-state index < -0.39 is 0 Å². The minimum Gasteiger partial charge on any atom is -0.468 e. The summed E-state index contributed by atoms with van der Waals surface area (Å²) in [6.07, 6.45) is 2.52. The Labute approximate surface area is 88.8 Å². The molecule has 1 fully saturated rings. The summed E-state index contributed by atoms with van der Waals surface area (Å²) in [6, 6.07) is 3.82. The van der Waals surface area contributed by atoms with E-state index in [1.165, 1.54) is 7.11 Å². The van der Waals surface area contributed by atoms with Gasteiger partial charge >= 0.3 is 5.97 Å². The number of ether oxygens (including phenoxy) is 1. The Balaban J connectivity index is 2.03. The molecular weight excluding hydrogens is 194 g/mol. The molecule has 1 aliphatic heterocycles. The average molecular weight is 209 g/mol. The average Bonchev–Trinajstić information content (AvgIpc) is 2.68. The molecule has 1 aromatic heterocycles. The fraction of sp³-hybridized carbons (Fsp3) is 0.545. The minimum atomic E-state index is -0.153. The first-order chi connectivity index (χ1) is 7.24. The van der Waals surface area contributed by atoms with Gasteiger partial charge in [-0.3, -0.25) is 9.69 Å². The van der Waals surface area contributed by atoms with Crippen LogP contribution in [-0.2, 0) is 9.53 Å². The SMILES string of the molecule is COC(=O)C1CCN1C(C)c1ccco1. The normalized spacial score (nSPS) is 23.2. The van der Waals surface area contributed by atoms with Gasteiger partial charge in [-0.05, 0) is 25.5 Å². The Morgan fingerprint density at radius 2 is 2.53 bits per heavy atom. The molecule has 0 bridgehead atoms. The second kappa shape index (κ2) is 4.06. The zero-order chi connectivity index (χ0) is 10.8. The summed E-state index contributed by atoms with van der Waals surface area (Å²) in [5.74, 6) is 0.739. The van der Waals surface area contributed by atoms with Gasteiger partial charge in [0.15, 0.2) is 0 Å². The van der Waals surface area contributed by atoms with Gasteiger partial charge in [0, 0.05) is 6.54 Å². The van der Waals surface area contributed by atoms with Crippen LogP contribution >= 0.6 is 0 Å². The third-order valence-corrected chi connectivity index (χ3v) is 2.99. The largest absolute Gasteiger partial charge is 0.468 e. The molecule has 1 saturated heterocycles. The molecule has 0 saturated carbocycles. The van der Waals surface area contributed by atoms with E-state index in [0.29, 0.717) is 0 Å². The number of hydrogen-bond donors (Lipinski definition) is 0. The van der Waals surface area contributed by atoms with Crippen LogP contribution in [-0.4, -0.2) is 30.6 Å². The topological polar surface area (TPSA) is 42.7 Å². The van der Waals surface area contributed by atoms with E-state index >= 15 is 0 Å². The maximum absolute atomic E-state index is 11.4. The Morgan fingerprint density at radius 3 is 3.00 bits per heavy atom. The zero-order valence-corrected chi connectivity index (χ0v) is 8.97. The van der Waals surface area contributed by atoms with Crippen molar-refractivity contribution in [1.82, 2.24) is 4.90 Å². The molecule has 4 heteroatoms. The summed E-state index contributed by atoms with van der Waals surface area (Å²) in [7, 11) is 1.43. The van der Waals surface area contributed by atoms with Gasteiger partial charge in [-0.15, -0.1) is 0 Å². The van der Waals surface area contributed by atoms with E-state index in [2.05, 4.69) is 4.90 Å². The van der Waals surface area contributed by atoms with Crippen molar-refractivity contribution in [3.63, 3.8) is 0 Å². The molecule has 0 aromatic carbocycles. The number of likely N-dealkylation sites (tertiary alicyclic amines) is 1. The van der Waals surface area contributed by atoms with Gasteiger partial charge in [0.1, 0.15) is 11.8 Å². The predicted octanol–water partition coefficient (Wildman–Crippen LogP) is 1.59. The lowest BCUT2D eigenvalue weighted by molar-refractivity contribution is -0.154. The van der Waals surface area contributed by atoms with E-state index in [9.17, 15) is 4.79 Å². The van der Waals surface area contributed by atoms with Gasteiger partial charge in [0.05, 0.1) is 19.4 Å². The molecule has 2 atom stereocenters. The quantitative estimate of drug-likeness (QED) is 0.709. The summed E-state index contributed by atoms with van der Waals surface area (Å²) in [4.78, 5) is 13.5. The second-order valence-corrected chi connectivity index (χ2v) is 3.76. The van der Waals surface area contributed by atoms with Gasteiger partial charge in [0.2, 0.25) is 0 Å². The van der Waals surface area contributed by atoms with E-state index in [1.807, 2.05) is 19.1 Å². The number of esters is 1.